The van der Waals surface area contributed by atoms with Crippen molar-refractivity contribution in [2.24, 2.45) is 5.41 Å². The SMILES string of the molecule is COc1ccc(N2C(=O)[C@H](O[Si](C)(C)C(C)(C)C)[C@@H]2C(C)(C)C=O)cc1. The van der Waals surface area contributed by atoms with Crippen LogP contribution in [0.15, 0.2) is 24.3 Å². The maximum absolute atomic E-state index is 13.0. The molecule has 1 heterocycles. The predicted molar refractivity (Wildman–Crippen MR) is 106 cm³/mol. The van der Waals surface area contributed by atoms with E-state index in [1.54, 1.807) is 12.0 Å². The average molecular weight is 378 g/mol. The summed E-state index contributed by atoms with van der Waals surface area (Å²) < 4.78 is 11.6. The van der Waals surface area contributed by atoms with Gasteiger partial charge in [0.15, 0.2) is 8.32 Å². The van der Waals surface area contributed by atoms with Crippen molar-refractivity contribution in [3.8, 4) is 5.75 Å². The van der Waals surface area contributed by atoms with Crippen molar-refractivity contribution < 1.29 is 18.8 Å². The van der Waals surface area contributed by atoms with Crippen molar-refractivity contribution >= 4 is 26.2 Å². The van der Waals surface area contributed by atoms with Crippen LogP contribution in [0.1, 0.15) is 34.6 Å². The number of anilines is 1. The molecule has 1 aromatic rings. The topological polar surface area (TPSA) is 55.8 Å². The molecule has 0 N–H and O–H groups in total. The highest BCUT2D eigenvalue weighted by atomic mass is 28.4. The second-order valence-electron chi connectivity index (χ2n) is 9.09. The minimum atomic E-state index is -2.14. The Bertz CT molecular complexity index is 676. The largest absolute Gasteiger partial charge is 0.497 e. The van der Waals surface area contributed by atoms with Crippen molar-refractivity contribution in [1.82, 2.24) is 0 Å². The van der Waals surface area contributed by atoms with Crippen LogP contribution in [0, 0.1) is 5.41 Å². The van der Waals surface area contributed by atoms with Crippen LogP contribution < -0.4 is 9.64 Å². The minimum Gasteiger partial charge on any atom is -0.497 e. The van der Waals surface area contributed by atoms with Gasteiger partial charge >= 0.3 is 0 Å². The number of benzene rings is 1. The van der Waals surface area contributed by atoms with Crippen molar-refractivity contribution in [3.63, 3.8) is 0 Å². The predicted octanol–water partition coefficient (Wildman–Crippen LogP) is 4.03. The number of carbonyl (C=O) groups is 2. The molecule has 0 saturated carbocycles. The van der Waals surface area contributed by atoms with E-state index < -0.39 is 19.8 Å². The van der Waals surface area contributed by atoms with Gasteiger partial charge in [0, 0.05) is 11.1 Å². The number of aldehydes is 1. The lowest BCUT2D eigenvalue weighted by Crippen LogP contribution is -2.73. The lowest BCUT2D eigenvalue weighted by atomic mass is 9.76. The molecule has 1 aliphatic rings. The molecule has 1 aliphatic heterocycles. The van der Waals surface area contributed by atoms with Gasteiger partial charge in [0.05, 0.1) is 13.2 Å². The van der Waals surface area contributed by atoms with Gasteiger partial charge in [-0.1, -0.05) is 34.6 Å². The summed E-state index contributed by atoms with van der Waals surface area (Å²) in [5.41, 5.74) is 0.0479. The van der Waals surface area contributed by atoms with Crippen LogP contribution in [0.2, 0.25) is 18.1 Å². The van der Waals surface area contributed by atoms with Crippen LogP contribution in [0.3, 0.4) is 0 Å². The molecular weight excluding hydrogens is 346 g/mol. The molecule has 0 radical (unpaired) electrons. The Kier molecular flexibility index (Phi) is 5.41. The molecule has 2 rings (SSSR count). The number of methoxy groups -OCH3 is 1. The normalized spacial score (nSPS) is 21.4. The van der Waals surface area contributed by atoms with E-state index in [4.69, 9.17) is 9.16 Å². The van der Waals surface area contributed by atoms with Gasteiger partial charge in [-0.05, 0) is 42.4 Å². The van der Waals surface area contributed by atoms with Crippen molar-refractivity contribution in [3.05, 3.63) is 24.3 Å². The van der Waals surface area contributed by atoms with Crippen molar-refractivity contribution in [2.45, 2.75) is 64.9 Å². The highest BCUT2D eigenvalue weighted by molar-refractivity contribution is 6.74. The molecule has 1 fully saturated rings. The smallest absolute Gasteiger partial charge is 0.257 e. The second-order valence-corrected chi connectivity index (χ2v) is 13.8. The molecule has 6 heteroatoms. The van der Waals surface area contributed by atoms with E-state index in [0.717, 1.165) is 17.7 Å². The Morgan fingerprint density at radius 1 is 1.08 bits per heavy atom. The molecule has 144 valence electrons. The zero-order chi connectivity index (χ0) is 19.9. The monoisotopic (exact) mass is 377 g/mol. The summed E-state index contributed by atoms with van der Waals surface area (Å²) in [6.45, 7) is 14.4. The zero-order valence-corrected chi connectivity index (χ0v) is 18.1. The van der Waals surface area contributed by atoms with Gasteiger partial charge in [-0.15, -0.1) is 0 Å². The molecule has 2 atom stereocenters. The fraction of sp³-hybridized carbons (Fsp3) is 0.600. The first kappa shape index (κ1) is 20.6. The van der Waals surface area contributed by atoms with Gasteiger partial charge in [0.1, 0.15) is 18.1 Å². The Hall–Kier alpha value is -1.66. The van der Waals surface area contributed by atoms with Crippen molar-refractivity contribution in [1.29, 1.82) is 0 Å². The van der Waals surface area contributed by atoms with E-state index >= 15 is 0 Å². The Morgan fingerprint density at radius 3 is 2.04 bits per heavy atom. The van der Waals surface area contributed by atoms with Crippen LogP contribution in [-0.2, 0) is 14.0 Å². The van der Waals surface area contributed by atoms with Gasteiger partial charge < -0.3 is 18.9 Å². The molecule has 1 aromatic carbocycles. The average Bonchev–Trinajstić information content (AvgIpc) is 2.56. The van der Waals surface area contributed by atoms with Gasteiger partial charge in [0.25, 0.3) is 5.91 Å². The van der Waals surface area contributed by atoms with Gasteiger partial charge in [-0.3, -0.25) is 4.79 Å². The minimum absolute atomic E-state index is 0.0102. The first-order chi connectivity index (χ1) is 11.9. The molecule has 0 spiro atoms. The van der Waals surface area contributed by atoms with E-state index in [2.05, 4.69) is 33.9 Å². The highest BCUT2D eigenvalue weighted by Gasteiger charge is 2.58. The van der Waals surface area contributed by atoms with Crippen LogP contribution in [0.25, 0.3) is 0 Å². The summed E-state index contributed by atoms with van der Waals surface area (Å²) in [4.78, 5) is 26.4. The first-order valence-corrected chi connectivity index (χ1v) is 11.9. The van der Waals surface area contributed by atoms with E-state index in [1.807, 2.05) is 38.1 Å². The number of rotatable bonds is 6. The second kappa shape index (κ2) is 6.81. The first-order valence-electron chi connectivity index (χ1n) is 8.97. The molecule has 1 amide bonds. The van der Waals surface area contributed by atoms with E-state index in [-0.39, 0.29) is 17.0 Å². The molecule has 26 heavy (non-hydrogen) atoms. The van der Waals surface area contributed by atoms with Gasteiger partial charge in [-0.2, -0.15) is 0 Å². The Morgan fingerprint density at radius 2 is 1.62 bits per heavy atom. The third kappa shape index (κ3) is 3.57. The molecular formula is C20H31NO4Si. The summed E-state index contributed by atoms with van der Waals surface area (Å²) in [6, 6.07) is 6.99. The molecule has 5 nitrogen and oxygen atoms in total. The maximum Gasteiger partial charge on any atom is 0.257 e. The Labute approximate surface area is 157 Å². The molecule has 0 unspecified atom stereocenters. The summed E-state index contributed by atoms with van der Waals surface area (Å²) in [5.74, 6) is 0.641. The van der Waals surface area contributed by atoms with E-state index in [9.17, 15) is 9.59 Å². The lowest BCUT2D eigenvalue weighted by Gasteiger charge is -2.54. The molecule has 0 bridgehead atoms. The standard InChI is InChI=1S/C20H31NO4Si/c1-19(2,3)26(7,8)25-16-17(20(4,5)13-22)21(18(16)23)14-9-11-15(24-6)12-10-14/h9-13,16-17H,1-8H3/t16-,17-/m1/s1. The number of carbonyl (C=O) groups excluding carboxylic acids is 2. The number of hydrogen-bond donors (Lipinski definition) is 0. The number of hydrogen-bond acceptors (Lipinski definition) is 4. The van der Waals surface area contributed by atoms with Crippen LogP contribution in [-0.4, -0.2) is 39.8 Å². The lowest BCUT2D eigenvalue weighted by molar-refractivity contribution is -0.141. The van der Waals surface area contributed by atoms with Crippen LogP contribution in [0.4, 0.5) is 5.69 Å². The molecule has 0 aliphatic carbocycles. The van der Waals surface area contributed by atoms with Gasteiger partial charge in [-0.25, -0.2) is 0 Å². The number of nitrogens with zero attached hydrogens (tertiary/aromatic N) is 1. The summed E-state index contributed by atoms with van der Waals surface area (Å²) >= 11 is 0. The number of β-lactam (4-membered cyclic amide) rings is 1. The summed E-state index contributed by atoms with van der Waals surface area (Å²) in [7, 11) is -0.539. The fourth-order valence-corrected chi connectivity index (χ4v) is 4.11. The summed E-state index contributed by atoms with van der Waals surface area (Å²) in [5, 5.41) is -0.0102. The van der Waals surface area contributed by atoms with E-state index in [1.165, 1.54) is 0 Å². The third-order valence-corrected chi connectivity index (χ3v) is 10.1. The van der Waals surface area contributed by atoms with Gasteiger partial charge in [0.2, 0.25) is 0 Å². The summed E-state index contributed by atoms with van der Waals surface area (Å²) in [6.07, 6.45) is 0.334. The number of ether oxygens (including phenoxy) is 1. The fourth-order valence-electron chi connectivity index (χ4n) is 2.89. The van der Waals surface area contributed by atoms with E-state index in [0.29, 0.717) is 0 Å². The number of amides is 1. The van der Waals surface area contributed by atoms with Crippen molar-refractivity contribution in [2.75, 3.05) is 12.0 Å². The maximum atomic E-state index is 13.0. The quantitative estimate of drug-likeness (QED) is 0.427. The molecule has 1 saturated heterocycles. The zero-order valence-electron chi connectivity index (χ0n) is 17.1. The highest BCUT2D eigenvalue weighted by Crippen LogP contribution is 2.44. The van der Waals surface area contributed by atoms with Crippen LogP contribution >= 0.6 is 0 Å². The third-order valence-electron chi connectivity index (χ3n) is 5.69. The molecule has 0 aromatic heterocycles. The van der Waals surface area contributed by atoms with Crippen LogP contribution in [0.5, 0.6) is 5.75 Å². The Balaban J connectivity index is 2.36.